The fraction of sp³-hybridized carbons (Fsp3) is 0.933. The lowest BCUT2D eigenvalue weighted by Gasteiger charge is -2.29. The fourth-order valence-electron chi connectivity index (χ4n) is 3.48. The van der Waals surface area contributed by atoms with Crippen LogP contribution in [0.4, 0.5) is 0 Å². The van der Waals surface area contributed by atoms with Crippen molar-refractivity contribution in [2.75, 3.05) is 19.6 Å². The number of likely N-dealkylation sites (N-methyl/N-ethyl adjacent to an activating group) is 1. The van der Waals surface area contributed by atoms with E-state index in [1.54, 1.807) is 0 Å². The van der Waals surface area contributed by atoms with Gasteiger partial charge in [0.15, 0.2) is 0 Å². The molecular weight excluding hydrogens is 238 g/mol. The van der Waals surface area contributed by atoms with Gasteiger partial charge in [-0.05, 0) is 45.2 Å². The Morgan fingerprint density at radius 1 is 1.42 bits per heavy atom. The molecule has 3 atom stereocenters. The van der Waals surface area contributed by atoms with Crippen LogP contribution in [0.2, 0.25) is 0 Å². The van der Waals surface area contributed by atoms with Gasteiger partial charge in [-0.3, -0.25) is 15.0 Å². The van der Waals surface area contributed by atoms with Crippen LogP contribution in [0.25, 0.3) is 0 Å². The Morgan fingerprint density at radius 3 is 2.79 bits per heavy atom. The van der Waals surface area contributed by atoms with Crippen LogP contribution in [0.5, 0.6) is 0 Å². The van der Waals surface area contributed by atoms with Crippen molar-refractivity contribution in [3.8, 4) is 0 Å². The highest BCUT2D eigenvalue weighted by atomic mass is 16.2. The molecule has 2 aliphatic rings. The summed E-state index contributed by atoms with van der Waals surface area (Å²) >= 11 is 0. The molecule has 1 N–H and O–H groups in total. The molecular formula is C15H29N3O. The molecule has 1 amide bonds. The summed E-state index contributed by atoms with van der Waals surface area (Å²) in [7, 11) is 0. The van der Waals surface area contributed by atoms with E-state index in [1.165, 1.54) is 19.4 Å². The molecule has 2 aliphatic heterocycles. The highest BCUT2D eigenvalue weighted by molar-refractivity contribution is 5.84. The zero-order chi connectivity index (χ0) is 14.0. The van der Waals surface area contributed by atoms with Crippen LogP contribution in [0.15, 0.2) is 0 Å². The van der Waals surface area contributed by atoms with E-state index < -0.39 is 0 Å². The maximum atomic E-state index is 12.5. The minimum atomic E-state index is 0.0338. The summed E-state index contributed by atoms with van der Waals surface area (Å²) in [5.74, 6) is 0.872. The first-order chi connectivity index (χ1) is 9.02. The molecule has 0 aromatic rings. The second-order valence-electron chi connectivity index (χ2n) is 6.44. The lowest BCUT2D eigenvalue weighted by Crippen LogP contribution is -2.44. The van der Waals surface area contributed by atoms with E-state index in [-0.39, 0.29) is 12.2 Å². The van der Waals surface area contributed by atoms with Crippen molar-refractivity contribution in [2.45, 2.75) is 65.2 Å². The van der Waals surface area contributed by atoms with Crippen molar-refractivity contribution in [3.05, 3.63) is 0 Å². The lowest BCUT2D eigenvalue weighted by atomic mass is 10.0. The third-order valence-electron chi connectivity index (χ3n) is 4.51. The summed E-state index contributed by atoms with van der Waals surface area (Å²) in [6.45, 7) is 11.9. The summed E-state index contributed by atoms with van der Waals surface area (Å²) in [6, 6.07) is 0.600. The normalized spacial score (nSPS) is 32.8. The SMILES string of the molecule is CCN1CCCC1CN1C(=O)C(CC(C)C)NC1C. The lowest BCUT2D eigenvalue weighted by molar-refractivity contribution is -0.130. The maximum absolute atomic E-state index is 12.5. The minimum absolute atomic E-state index is 0.0338. The van der Waals surface area contributed by atoms with Gasteiger partial charge in [0.05, 0.1) is 12.2 Å². The fourth-order valence-corrected chi connectivity index (χ4v) is 3.48. The molecule has 0 radical (unpaired) electrons. The van der Waals surface area contributed by atoms with Gasteiger partial charge < -0.3 is 4.90 Å². The van der Waals surface area contributed by atoms with Gasteiger partial charge in [-0.15, -0.1) is 0 Å². The number of amides is 1. The molecule has 4 heteroatoms. The number of carbonyl (C=O) groups excluding carboxylic acids is 1. The van der Waals surface area contributed by atoms with E-state index in [0.29, 0.717) is 17.9 Å². The molecule has 2 fully saturated rings. The molecule has 0 spiro atoms. The highest BCUT2D eigenvalue weighted by Crippen LogP contribution is 2.22. The Labute approximate surface area is 117 Å². The smallest absolute Gasteiger partial charge is 0.241 e. The Kier molecular flexibility index (Phi) is 4.85. The Morgan fingerprint density at radius 2 is 2.16 bits per heavy atom. The predicted octanol–water partition coefficient (Wildman–Crippen LogP) is 1.66. The van der Waals surface area contributed by atoms with E-state index in [0.717, 1.165) is 19.5 Å². The molecule has 0 aliphatic carbocycles. The van der Waals surface area contributed by atoms with E-state index in [1.807, 2.05) is 0 Å². The average Bonchev–Trinajstić information content (AvgIpc) is 2.89. The molecule has 0 aromatic heterocycles. The first-order valence-electron chi connectivity index (χ1n) is 7.83. The first kappa shape index (κ1) is 14.8. The molecule has 0 aromatic carbocycles. The van der Waals surface area contributed by atoms with Crippen molar-refractivity contribution in [1.29, 1.82) is 0 Å². The van der Waals surface area contributed by atoms with Crippen LogP contribution in [0, 0.1) is 5.92 Å². The van der Waals surface area contributed by atoms with Crippen molar-refractivity contribution in [1.82, 2.24) is 15.1 Å². The summed E-state index contributed by atoms with van der Waals surface area (Å²) in [4.78, 5) is 17.0. The standard InChI is InChI=1S/C15H29N3O/c1-5-17-8-6-7-13(17)10-18-12(4)16-14(15(18)19)9-11(2)3/h11-14,16H,5-10H2,1-4H3. The number of likely N-dealkylation sites (tertiary alicyclic amines) is 1. The van der Waals surface area contributed by atoms with Crippen molar-refractivity contribution in [3.63, 3.8) is 0 Å². The molecule has 0 saturated carbocycles. The third kappa shape index (κ3) is 3.29. The molecule has 19 heavy (non-hydrogen) atoms. The molecule has 4 nitrogen and oxygen atoms in total. The summed E-state index contributed by atoms with van der Waals surface area (Å²) in [5.41, 5.74) is 0. The molecule has 2 saturated heterocycles. The van der Waals surface area contributed by atoms with Gasteiger partial charge in [-0.25, -0.2) is 0 Å². The Balaban J connectivity index is 1.94. The second-order valence-corrected chi connectivity index (χ2v) is 6.44. The van der Waals surface area contributed by atoms with Crippen molar-refractivity contribution < 1.29 is 4.79 Å². The number of nitrogens with zero attached hydrogens (tertiary/aromatic N) is 2. The number of hydrogen-bond acceptors (Lipinski definition) is 3. The van der Waals surface area contributed by atoms with Gasteiger partial charge in [-0.2, -0.15) is 0 Å². The average molecular weight is 267 g/mol. The Hall–Kier alpha value is -0.610. The van der Waals surface area contributed by atoms with Crippen LogP contribution >= 0.6 is 0 Å². The van der Waals surface area contributed by atoms with Gasteiger partial charge in [0.1, 0.15) is 0 Å². The molecule has 2 heterocycles. The van der Waals surface area contributed by atoms with Gasteiger partial charge in [0.25, 0.3) is 0 Å². The quantitative estimate of drug-likeness (QED) is 0.823. The number of nitrogens with one attached hydrogen (secondary N) is 1. The Bertz CT molecular complexity index is 319. The van der Waals surface area contributed by atoms with E-state index in [2.05, 4.69) is 42.8 Å². The summed E-state index contributed by atoms with van der Waals surface area (Å²) in [6.07, 6.45) is 3.65. The molecule has 0 bridgehead atoms. The van der Waals surface area contributed by atoms with Gasteiger partial charge >= 0.3 is 0 Å². The number of hydrogen-bond donors (Lipinski definition) is 1. The zero-order valence-electron chi connectivity index (χ0n) is 12.9. The topological polar surface area (TPSA) is 35.6 Å². The van der Waals surface area contributed by atoms with Crippen LogP contribution in [0.3, 0.4) is 0 Å². The van der Waals surface area contributed by atoms with E-state index >= 15 is 0 Å². The minimum Gasteiger partial charge on any atom is -0.325 e. The van der Waals surface area contributed by atoms with Gasteiger partial charge in [0, 0.05) is 12.6 Å². The van der Waals surface area contributed by atoms with Crippen LogP contribution < -0.4 is 5.32 Å². The van der Waals surface area contributed by atoms with E-state index in [9.17, 15) is 4.79 Å². The molecule has 110 valence electrons. The predicted molar refractivity (Wildman–Crippen MR) is 77.8 cm³/mol. The van der Waals surface area contributed by atoms with Crippen LogP contribution in [0.1, 0.15) is 47.0 Å². The van der Waals surface area contributed by atoms with Crippen molar-refractivity contribution in [2.24, 2.45) is 5.92 Å². The molecule has 2 rings (SSSR count). The highest BCUT2D eigenvalue weighted by Gasteiger charge is 2.38. The monoisotopic (exact) mass is 267 g/mol. The number of carbonyl (C=O) groups is 1. The summed E-state index contributed by atoms with van der Waals surface area (Å²) < 4.78 is 0. The second kappa shape index (κ2) is 6.23. The zero-order valence-corrected chi connectivity index (χ0v) is 12.9. The van der Waals surface area contributed by atoms with E-state index in [4.69, 9.17) is 0 Å². The van der Waals surface area contributed by atoms with Crippen molar-refractivity contribution >= 4 is 5.91 Å². The molecule has 3 unspecified atom stereocenters. The maximum Gasteiger partial charge on any atom is 0.241 e. The van der Waals surface area contributed by atoms with Gasteiger partial charge in [-0.1, -0.05) is 20.8 Å². The summed E-state index contributed by atoms with van der Waals surface area (Å²) in [5, 5.41) is 3.45. The van der Waals surface area contributed by atoms with Crippen LogP contribution in [-0.2, 0) is 4.79 Å². The third-order valence-corrected chi connectivity index (χ3v) is 4.51. The first-order valence-corrected chi connectivity index (χ1v) is 7.83. The largest absolute Gasteiger partial charge is 0.325 e. The van der Waals surface area contributed by atoms with Gasteiger partial charge in [0.2, 0.25) is 5.91 Å². The number of rotatable bonds is 5. The van der Waals surface area contributed by atoms with Crippen LogP contribution in [-0.4, -0.2) is 53.6 Å².